The maximum Gasteiger partial charge on any atom is 0.324 e. The third-order valence-corrected chi connectivity index (χ3v) is 4.68. The number of nitrogens with zero attached hydrogens (tertiary/aromatic N) is 2. The van der Waals surface area contributed by atoms with Crippen molar-refractivity contribution < 1.29 is 14.4 Å². The summed E-state index contributed by atoms with van der Waals surface area (Å²) in [5, 5.41) is 2.70. The number of benzene rings is 1. The van der Waals surface area contributed by atoms with Crippen LogP contribution in [0.5, 0.6) is 0 Å². The largest absolute Gasteiger partial charge is 0.343 e. The van der Waals surface area contributed by atoms with Crippen molar-refractivity contribution in [3.05, 3.63) is 35.9 Å². The first-order valence-electron chi connectivity index (χ1n) is 8.59. The number of nitrogens with one attached hydrogen (secondary N) is 1. The molecule has 0 spiro atoms. The third kappa shape index (κ3) is 3.75. The Balaban J connectivity index is 1.49. The van der Waals surface area contributed by atoms with E-state index < -0.39 is 6.04 Å². The van der Waals surface area contributed by atoms with Crippen molar-refractivity contribution in [2.75, 3.05) is 19.6 Å². The number of hydrogen-bond acceptors (Lipinski definition) is 3. The Bertz CT molecular complexity index is 611. The average Bonchev–Trinajstić information content (AvgIpc) is 3.21. The summed E-state index contributed by atoms with van der Waals surface area (Å²) in [7, 11) is 0. The van der Waals surface area contributed by atoms with Gasteiger partial charge in [0.2, 0.25) is 5.91 Å². The molecule has 1 N–H and O–H groups in total. The standard InChI is InChI=1S/C18H23N3O3/c22-16(20-11-4-5-12-20)9-8-15-17(23)21(18(24)19-15)13-10-14-6-2-1-3-7-14/h1-3,6-7,15H,4-5,8-13H2,(H,19,24). The number of carbonyl (C=O) groups is 3. The lowest BCUT2D eigenvalue weighted by molar-refractivity contribution is -0.131. The molecule has 2 aliphatic heterocycles. The molecule has 4 amide bonds. The van der Waals surface area contributed by atoms with E-state index >= 15 is 0 Å². The van der Waals surface area contributed by atoms with Crippen molar-refractivity contribution in [2.24, 2.45) is 0 Å². The Morgan fingerprint density at radius 2 is 1.83 bits per heavy atom. The lowest BCUT2D eigenvalue weighted by Crippen LogP contribution is -2.34. The molecular weight excluding hydrogens is 306 g/mol. The Kier molecular flexibility index (Phi) is 5.13. The zero-order valence-electron chi connectivity index (χ0n) is 13.7. The predicted octanol–water partition coefficient (Wildman–Crippen LogP) is 1.55. The van der Waals surface area contributed by atoms with Crippen LogP contribution in [0.2, 0.25) is 0 Å². The second-order valence-electron chi connectivity index (χ2n) is 6.35. The lowest BCUT2D eigenvalue weighted by Gasteiger charge is -2.16. The molecular formula is C18H23N3O3. The summed E-state index contributed by atoms with van der Waals surface area (Å²) in [6.45, 7) is 1.99. The van der Waals surface area contributed by atoms with E-state index in [4.69, 9.17) is 0 Å². The Labute approximate surface area is 141 Å². The van der Waals surface area contributed by atoms with Crippen LogP contribution in [0.4, 0.5) is 4.79 Å². The summed E-state index contributed by atoms with van der Waals surface area (Å²) in [6, 6.07) is 8.84. The van der Waals surface area contributed by atoms with Gasteiger partial charge in [-0.3, -0.25) is 14.5 Å². The van der Waals surface area contributed by atoms with Crippen molar-refractivity contribution in [1.29, 1.82) is 0 Å². The van der Waals surface area contributed by atoms with Crippen LogP contribution >= 0.6 is 0 Å². The van der Waals surface area contributed by atoms with E-state index in [1.807, 2.05) is 35.2 Å². The average molecular weight is 329 g/mol. The number of likely N-dealkylation sites (tertiary alicyclic amines) is 1. The normalized spacial score (nSPS) is 20.6. The van der Waals surface area contributed by atoms with E-state index in [0.717, 1.165) is 31.5 Å². The van der Waals surface area contributed by atoms with E-state index in [9.17, 15) is 14.4 Å². The van der Waals surface area contributed by atoms with Crippen LogP contribution < -0.4 is 5.32 Å². The first-order chi connectivity index (χ1) is 11.6. The summed E-state index contributed by atoms with van der Waals surface area (Å²) in [5.74, 6) is -0.137. The molecule has 3 rings (SSSR count). The second-order valence-corrected chi connectivity index (χ2v) is 6.35. The molecule has 1 aromatic carbocycles. The van der Waals surface area contributed by atoms with Crippen LogP contribution in [-0.2, 0) is 16.0 Å². The molecule has 2 heterocycles. The third-order valence-electron chi connectivity index (χ3n) is 4.68. The molecule has 0 aromatic heterocycles. The fraction of sp³-hybridized carbons (Fsp3) is 0.500. The quantitative estimate of drug-likeness (QED) is 0.805. The minimum Gasteiger partial charge on any atom is -0.343 e. The van der Waals surface area contributed by atoms with Gasteiger partial charge in [-0.15, -0.1) is 0 Å². The van der Waals surface area contributed by atoms with Gasteiger partial charge in [0, 0.05) is 26.1 Å². The molecule has 128 valence electrons. The molecule has 0 radical (unpaired) electrons. The molecule has 1 unspecified atom stereocenters. The highest BCUT2D eigenvalue weighted by atomic mass is 16.2. The predicted molar refractivity (Wildman–Crippen MR) is 89.2 cm³/mol. The number of carbonyl (C=O) groups excluding carboxylic acids is 3. The number of amides is 4. The fourth-order valence-corrected chi connectivity index (χ4v) is 3.26. The van der Waals surface area contributed by atoms with Crippen LogP contribution in [0.15, 0.2) is 30.3 Å². The van der Waals surface area contributed by atoms with Crippen molar-refractivity contribution >= 4 is 17.8 Å². The van der Waals surface area contributed by atoms with Crippen LogP contribution in [0, 0.1) is 0 Å². The lowest BCUT2D eigenvalue weighted by atomic mass is 10.1. The molecule has 6 heteroatoms. The van der Waals surface area contributed by atoms with Gasteiger partial charge in [0.15, 0.2) is 0 Å². The van der Waals surface area contributed by atoms with Gasteiger partial charge >= 0.3 is 6.03 Å². The van der Waals surface area contributed by atoms with E-state index in [-0.39, 0.29) is 17.8 Å². The molecule has 1 aromatic rings. The maximum absolute atomic E-state index is 12.4. The first kappa shape index (κ1) is 16.5. The minimum absolute atomic E-state index is 0.0808. The molecule has 0 bridgehead atoms. The summed E-state index contributed by atoms with van der Waals surface area (Å²) < 4.78 is 0. The molecule has 6 nitrogen and oxygen atoms in total. The molecule has 24 heavy (non-hydrogen) atoms. The van der Waals surface area contributed by atoms with Gasteiger partial charge in [0.05, 0.1) is 0 Å². The SMILES string of the molecule is O=C(CCC1NC(=O)N(CCc2ccccc2)C1=O)N1CCCC1. The molecule has 2 aliphatic rings. The van der Waals surface area contributed by atoms with Crippen LogP contribution in [0.3, 0.4) is 0 Å². The smallest absolute Gasteiger partial charge is 0.324 e. The highest BCUT2D eigenvalue weighted by Gasteiger charge is 2.37. The molecule has 0 aliphatic carbocycles. The summed E-state index contributed by atoms with van der Waals surface area (Å²) in [4.78, 5) is 39.6. The molecule has 2 saturated heterocycles. The number of rotatable bonds is 6. The van der Waals surface area contributed by atoms with E-state index in [1.54, 1.807) is 0 Å². The van der Waals surface area contributed by atoms with Crippen LogP contribution in [0.25, 0.3) is 0 Å². The molecule has 0 saturated carbocycles. The Hall–Kier alpha value is -2.37. The summed E-state index contributed by atoms with van der Waals surface area (Å²) in [6.07, 6.45) is 3.43. The summed E-state index contributed by atoms with van der Waals surface area (Å²) >= 11 is 0. The topological polar surface area (TPSA) is 69.7 Å². The fourth-order valence-electron chi connectivity index (χ4n) is 3.26. The van der Waals surface area contributed by atoms with Crippen molar-refractivity contribution in [3.8, 4) is 0 Å². The summed E-state index contributed by atoms with van der Waals surface area (Å²) in [5.41, 5.74) is 1.09. The highest BCUT2D eigenvalue weighted by molar-refractivity contribution is 6.04. The van der Waals surface area contributed by atoms with Gasteiger partial charge in [-0.05, 0) is 31.2 Å². The molecule has 2 fully saturated rings. The highest BCUT2D eigenvalue weighted by Crippen LogP contribution is 2.15. The maximum atomic E-state index is 12.4. The van der Waals surface area contributed by atoms with Crippen molar-refractivity contribution in [3.63, 3.8) is 0 Å². The van der Waals surface area contributed by atoms with Gasteiger partial charge in [0.25, 0.3) is 5.91 Å². The Morgan fingerprint density at radius 3 is 2.54 bits per heavy atom. The number of imide groups is 1. The van der Waals surface area contributed by atoms with Gasteiger partial charge in [-0.1, -0.05) is 30.3 Å². The second kappa shape index (κ2) is 7.47. The van der Waals surface area contributed by atoms with Crippen molar-refractivity contribution in [2.45, 2.75) is 38.1 Å². The zero-order valence-corrected chi connectivity index (χ0v) is 13.7. The minimum atomic E-state index is -0.570. The van der Waals surface area contributed by atoms with Crippen LogP contribution in [-0.4, -0.2) is 53.3 Å². The van der Waals surface area contributed by atoms with Crippen LogP contribution in [0.1, 0.15) is 31.2 Å². The number of urea groups is 1. The zero-order chi connectivity index (χ0) is 16.9. The number of hydrogen-bond donors (Lipinski definition) is 1. The monoisotopic (exact) mass is 329 g/mol. The van der Waals surface area contributed by atoms with Gasteiger partial charge in [0.1, 0.15) is 6.04 Å². The Morgan fingerprint density at radius 1 is 1.12 bits per heavy atom. The van der Waals surface area contributed by atoms with E-state index in [2.05, 4.69) is 5.32 Å². The molecule has 1 atom stereocenters. The van der Waals surface area contributed by atoms with Gasteiger partial charge in [-0.25, -0.2) is 4.79 Å². The van der Waals surface area contributed by atoms with Gasteiger partial charge < -0.3 is 10.2 Å². The van der Waals surface area contributed by atoms with Gasteiger partial charge in [-0.2, -0.15) is 0 Å². The van der Waals surface area contributed by atoms with E-state index in [0.29, 0.717) is 25.8 Å². The first-order valence-corrected chi connectivity index (χ1v) is 8.59. The van der Waals surface area contributed by atoms with Crippen molar-refractivity contribution in [1.82, 2.24) is 15.1 Å². The van der Waals surface area contributed by atoms with E-state index in [1.165, 1.54) is 4.90 Å².